The van der Waals surface area contributed by atoms with Crippen LogP contribution in [-0.4, -0.2) is 23.4 Å². The molecule has 0 saturated heterocycles. The van der Waals surface area contributed by atoms with Crippen LogP contribution in [0, 0.1) is 0 Å². The second-order valence-corrected chi connectivity index (χ2v) is 5.50. The van der Waals surface area contributed by atoms with Crippen LogP contribution in [0.3, 0.4) is 0 Å². The molecule has 0 heterocycles. The van der Waals surface area contributed by atoms with Gasteiger partial charge in [-0.25, -0.2) is 0 Å². The molecule has 0 spiro atoms. The predicted molar refractivity (Wildman–Crippen MR) is 87.4 cm³/mol. The molecular weight excluding hydrogens is 276 g/mol. The first kappa shape index (κ1) is 16.7. The Morgan fingerprint density at radius 1 is 0.773 bits per heavy atom. The molecule has 0 bridgehead atoms. The summed E-state index contributed by atoms with van der Waals surface area (Å²) >= 11 is 0. The first-order chi connectivity index (χ1) is 10.7. The zero-order valence-electron chi connectivity index (χ0n) is 13.2. The highest BCUT2D eigenvalue weighted by Crippen LogP contribution is 2.14. The number of benzene rings is 2. The van der Waals surface area contributed by atoms with E-state index in [1.807, 2.05) is 67.6 Å². The summed E-state index contributed by atoms with van der Waals surface area (Å²) in [5.74, 6) is 0. The summed E-state index contributed by atoms with van der Waals surface area (Å²) in [6, 6.07) is 19.9. The van der Waals surface area contributed by atoms with Crippen LogP contribution in [-0.2, 0) is 22.7 Å². The fourth-order valence-electron chi connectivity index (χ4n) is 2.33. The van der Waals surface area contributed by atoms with E-state index < -0.39 is 6.10 Å². The predicted octanol–water partition coefficient (Wildman–Crippen LogP) is 3.56. The number of aliphatic hydroxyl groups excluding tert-OH is 1. The third-order valence-electron chi connectivity index (χ3n) is 3.58. The lowest BCUT2D eigenvalue weighted by Crippen LogP contribution is -2.38. The van der Waals surface area contributed by atoms with E-state index >= 15 is 0 Å². The van der Waals surface area contributed by atoms with Crippen LogP contribution in [0.4, 0.5) is 0 Å². The van der Waals surface area contributed by atoms with Gasteiger partial charge in [-0.05, 0) is 25.0 Å². The molecule has 0 radical (unpaired) electrons. The van der Waals surface area contributed by atoms with Gasteiger partial charge in [-0.1, -0.05) is 60.7 Å². The highest BCUT2D eigenvalue weighted by atomic mass is 16.5. The average molecular weight is 300 g/mol. The minimum Gasteiger partial charge on any atom is -0.391 e. The van der Waals surface area contributed by atoms with Crippen molar-refractivity contribution in [1.29, 1.82) is 0 Å². The SMILES string of the molecule is C[C@H](OCc1ccccc1)[C@H](OCc1ccccc1)[C@@H](C)O. The second-order valence-electron chi connectivity index (χ2n) is 5.50. The highest BCUT2D eigenvalue weighted by Gasteiger charge is 2.24. The Kier molecular flexibility index (Phi) is 6.59. The summed E-state index contributed by atoms with van der Waals surface area (Å²) in [7, 11) is 0. The minimum atomic E-state index is -0.588. The molecule has 3 atom stereocenters. The molecule has 22 heavy (non-hydrogen) atoms. The zero-order valence-corrected chi connectivity index (χ0v) is 13.2. The third-order valence-corrected chi connectivity index (χ3v) is 3.58. The number of hydrogen-bond donors (Lipinski definition) is 1. The lowest BCUT2D eigenvalue weighted by molar-refractivity contribution is -0.121. The summed E-state index contributed by atoms with van der Waals surface area (Å²) < 4.78 is 11.7. The number of hydrogen-bond acceptors (Lipinski definition) is 3. The normalized spacial score (nSPS) is 15.2. The van der Waals surface area contributed by atoms with Crippen LogP contribution in [0.25, 0.3) is 0 Å². The maximum atomic E-state index is 9.95. The Bertz CT molecular complexity index is 525. The van der Waals surface area contributed by atoms with Crippen LogP contribution in [0.15, 0.2) is 60.7 Å². The lowest BCUT2D eigenvalue weighted by atomic mass is 10.1. The van der Waals surface area contributed by atoms with Crippen molar-refractivity contribution in [1.82, 2.24) is 0 Å². The minimum absolute atomic E-state index is 0.191. The lowest BCUT2D eigenvalue weighted by Gasteiger charge is -2.27. The maximum Gasteiger partial charge on any atom is 0.109 e. The summed E-state index contributed by atoms with van der Waals surface area (Å²) in [6.45, 7) is 4.65. The Labute approximate surface area is 132 Å². The first-order valence-corrected chi connectivity index (χ1v) is 7.66. The van der Waals surface area contributed by atoms with E-state index in [4.69, 9.17) is 9.47 Å². The molecule has 0 unspecified atom stereocenters. The van der Waals surface area contributed by atoms with Gasteiger partial charge in [-0.3, -0.25) is 0 Å². The van der Waals surface area contributed by atoms with Crippen molar-refractivity contribution >= 4 is 0 Å². The maximum absolute atomic E-state index is 9.95. The molecule has 2 aromatic carbocycles. The van der Waals surface area contributed by atoms with Crippen LogP contribution in [0.1, 0.15) is 25.0 Å². The molecule has 2 rings (SSSR count). The fraction of sp³-hybridized carbons (Fsp3) is 0.368. The van der Waals surface area contributed by atoms with Crippen molar-refractivity contribution in [2.45, 2.75) is 45.4 Å². The molecule has 1 N–H and O–H groups in total. The zero-order chi connectivity index (χ0) is 15.8. The summed E-state index contributed by atoms with van der Waals surface area (Å²) in [5, 5.41) is 9.95. The molecule has 0 aliphatic rings. The number of aliphatic hydroxyl groups is 1. The van der Waals surface area contributed by atoms with Crippen molar-refractivity contribution in [3.05, 3.63) is 71.8 Å². The Hall–Kier alpha value is -1.68. The van der Waals surface area contributed by atoms with Crippen molar-refractivity contribution in [3.8, 4) is 0 Å². The van der Waals surface area contributed by atoms with Gasteiger partial charge < -0.3 is 14.6 Å². The average Bonchev–Trinajstić information content (AvgIpc) is 2.55. The molecule has 0 aliphatic heterocycles. The molecule has 0 aromatic heterocycles. The Balaban J connectivity index is 1.86. The Morgan fingerprint density at radius 3 is 1.68 bits per heavy atom. The van der Waals surface area contributed by atoms with Gasteiger partial charge in [0, 0.05) is 0 Å². The van der Waals surface area contributed by atoms with Gasteiger partial charge >= 0.3 is 0 Å². The van der Waals surface area contributed by atoms with E-state index in [0.29, 0.717) is 13.2 Å². The molecule has 3 nitrogen and oxygen atoms in total. The van der Waals surface area contributed by atoms with Gasteiger partial charge in [0.2, 0.25) is 0 Å². The summed E-state index contributed by atoms with van der Waals surface area (Å²) in [6.07, 6.45) is -1.14. The van der Waals surface area contributed by atoms with E-state index in [2.05, 4.69) is 0 Å². The van der Waals surface area contributed by atoms with E-state index in [9.17, 15) is 5.11 Å². The van der Waals surface area contributed by atoms with Gasteiger partial charge in [0.25, 0.3) is 0 Å². The number of ether oxygens (including phenoxy) is 2. The number of rotatable bonds is 8. The summed E-state index contributed by atoms with van der Waals surface area (Å²) in [4.78, 5) is 0. The highest BCUT2D eigenvalue weighted by molar-refractivity contribution is 5.14. The molecule has 118 valence electrons. The molecular formula is C19H24O3. The van der Waals surface area contributed by atoms with Crippen LogP contribution < -0.4 is 0 Å². The van der Waals surface area contributed by atoms with Crippen LogP contribution in [0.2, 0.25) is 0 Å². The third kappa shape index (κ3) is 5.26. The Morgan fingerprint density at radius 2 is 1.23 bits per heavy atom. The fourth-order valence-corrected chi connectivity index (χ4v) is 2.33. The molecule has 0 saturated carbocycles. The van der Waals surface area contributed by atoms with Crippen LogP contribution >= 0.6 is 0 Å². The smallest absolute Gasteiger partial charge is 0.109 e. The van der Waals surface area contributed by atoms with Crippen molar-refractivity contribution < 1.29 is 14.6 Å². The quantitative estimate of drug-likeness (QED) is 0.810. The van der Waals surface area contributed by atoms with Gasteiger partial charge in [0.15, 0.2) is 0 Å². The standard InChI is InChI=1S/C19H24O3/c1-15(20)19(22-14-18-11-7-4-8-12-18)16(2)21-13-17-9-5-3-6-10-17/h3-12,15-16,19-20H,13-14H2,1-2H3/t15-,16+,19-/m1/s1. The molecule has 0 fully saturated rings. The van der Waals surface area contributed by atoms with Gasteiger partial charge in [-0.2, -0.15) is 0 Å². The van der Waals surface area contributed by atoms with E-state index in [1.54, 1.807) is 6.92 Å². The summed E-state index contributed by atoms with van der Waals surface area (Å²) in [5.41, 5.74) is 2.20. The van der Waals surface area contributed by atoms with Gasteiger partial charge in [0.05, 0.1) is 25.4 Å². The van der Waals surface area contributed by atoms with E-state index in [0.717, 1.165) is 11.1 Å². The van der Waals surface area contributed by atoms with Crippen molar-refractivity contribution in [2.75, 3.05) is 0 Å². The van der Waals surface area contributed by atoms with E-state index in [-0.39, 0.29) is 12.2 Å². The van der Waals surface area contributed by atoms with Gasteiger partial charge in [0.1, 0.15) is 6.10 Å². The second kappa shape index (κ2) is 8.69. The monoisotopic (exact) mass is 300 g/mol. The topological polar surface area (TPSA) is 38.7 Å². The first-order valence-electron chi connectivity index (χ1n) is 7.66. The molecule has 3 heteroatoms. The van der Waals surface area contributed by atoms with Gasteiger partial charge in [-0.15, -0.1) is 0 Å². The van der Waals surface area contributed by atoms with Crippen LogP contribution in [0.5, 0.6) is 0 Å². The molecule has 2 aromatic rings. The largest absolute Gasteiger partial charge is 0.391 e. The molecule has 0 aliphatic carbocycles. The molecule has 0 amide bonds. The van der Waals surface area contributed by atoms with E-state index in [1.165, 1.54) is 0 Å². The van der Waals surface area contributed by atoms with Crippen molar-refractivity contribution in [2.24, 2.45) is 0 Å². The van der Waals surface area contributed by atoms with Crippen molar-refractivity contribution in [3.63, 3.8) is 0 Å².